The molecule has 1 fully saturated rings. The minimum absolute atomic E-state index is 0.0145. The average Bonchev–Trinajstić information content (AvgIpc) is 3.16. The molecule has 4 rings (SSSR count). The molecule has 0 amide bonds. The van der Waals surface area contributed by atoms with Gasteiger partial charge in [-0.3, -0.25) is 4.90 Å². The maximum Gasteiger partial charge on any atom is 0.338 e. The van der Waals surface area contributed by atoms with E-state index >= 15 is 0 Å². The van der Waals surface area contributed by atoms with Crippen molar-refractivity contribution < 1.29 is 14.3 Å². The number of esters is 1. The first-order valence-corrected chi connectivity index (χ1v) is 10.7. The van der Waals surface area contributed by atoms with E-state index in [0.717, 1.165) is 45.7 Å². The second-order valence-electron chi connectivity index (χ2n) is 7.16. The highest BCUT2D eigenvalue weighted by Gasteiger charge is 2.29. The van der Waals surface area contributed by atoms with Crippen LogP contribution in [0.3, 0.4) is 0 Å². The summed E-state index contributed by atoms with van der Waals surface area (Å²) < 4.78 is 12.6. The molecule has 1 aliphatic rings. The molecule has 3 aromatic rings. The monoisotopic (exact) mass is 395 g/mol. The summed E-state index contributed by atoms with van der Waals surface area (Å²) in [5.74, 6) is -0.228. The van der Waals surface area contributed by atoms with Crippen LogP contribution in [0.4, 0.5) is 0 Å². The van der Waals surface area contributed by atoms with Gasteiger partial charge >= 0.3 is 5.97 Å². The molecule has 0 aliphatic carbocycles. The second-order valence-corrected chi connectivity index (χ2v) is 8.11. The van der Waals surface area contributed by atoms with Gasteiger partial charge in [0.25, 0.3) is 0 Å². The predicted molar refractivity (Wildman–Crippen MR) is 113 cm³/mol. The van der Waals surface area contributed by atoms with Gasteiger partial charge in [0.05, 0.1) is 12.2 Å². The molecule has 4 nitrogen and oxygen atoms in total. The second kappa shape index (κ2) is 9.32. The summed E-state index contributed by atoms with van der Waals surface area (Å²) in [6.07, 6.45) is 1.97. The molecular weight excluding hydrogens is 370 g/mol. The fourth-order valence-corrected chi connectivity index (χ4v) is 4.20. The largest absolute Gasteiger partial charge is 0.456 e. The van der Waals surface area contributed by atoms with Gasteiger partial charge in [0.15, 0.2) is 0 Å². The van der Waals surface area contributed by atoms with E-state index in [-0.39, 0.29) is 12.1 Å². The molecule has 2 aromatic carbocycles. The normalized spacial score (nSPS) is 14.9. The Balaban J connectivity index is 1.05. The zero-order valence-corrected chi connectivity index (χ0v) is 16.7. The number of carbonyl (C=O) groups excluding carboxylic acids is 1. The lowest BCUT2D eigenvalue weighted by Crippen LogP contribution is -2.53. The number of benzene rings is 2. The summed E-state index contributed by atoms with van der Waals surface area (Å²) in [4.78, 5) is 14.3. The number of ether oxygens (including phenoxy) is 2. The Bertz CT molecular complexity index is 902. The number of rotatable bonds is 9. The number of thiophene rings is 1. The smallest absolute Gasteiger partial charge is 0.338 e. The Kier molecular flexibility index (Phi) is 6.37. The maximum atomic E-state index is 12.0. The molecule has 0 atom stereocenters. The van der Waals surface area contributed by atoms with E-state index in [1.54, 1.807) is 23.5 Å². The van der Waals surface area contributed by atoms with Crippen LogP contribution in [0.25, 0.3) is 10.1 Å². The first-order chi connectivity index (χ1) is 13.8. The van der Waals surface area contributed by atoms with Crippen LogP contribution in [0.2, 0.25) is 0 Å². The molecule has 5 heteroatoms. The van der Waals surface area contributed by atoms with Gasteiger partial charge in [-0.25, -0.2) is 4.79 Å². The summed E-state index contributed by atoms with van der Waals surface area (Å²) in [5.41, 5.74) is 1.95. The standard InChI is InChI=1S/C23H25NO3S/c25-23(19-5-2-1-3-6-19)27-21-16-24(17-21)11-4-12-26-13-9-18-7-8-22-20(15-18)10-14-28-22/h1-3,5-8,10,14-15,21H,4,9,11-13,16-17H2. The zero-order chi connectivity index (χ0) is 19.2. The summed E-state index contributed by atoms with van der Waals surface area (Å²) in [6, 6.07) is 18.0. The first kappa shape index (κ1) is 19.1. The van der Waals surface area contributed by atoms with Gasteiger partial charge in [-0.05, 0) is 53.4 Å². The van der Waals surface area contributed by atoms with E-state index in [1.807, 2.05) is 18.2 Å². The number of carbonyl (C=O) groups is 1. The van der Waals surface area contributed by atoms with E-state index in [1.165, 1.54) is 15.6 Å². The summed E-state index contributed by atoms with van der Waals surface area (Å²) in [6.45, 7) is 4.15. The van der Waals surface area contributed by atoms with Gasteiger partial charge in [0.2, 0.25) is 0 Å². The van der Waals surface area contributed by atoms with Crippen molar-refractivity contribution in [3.8, 4) is 0 Å². The number of fused-ring (bicyclic) bond motifs is 1. The first-order valence-electron chi connectivity index (χ1n) is 9.80. The van der Waals surface area contributed by atoms with Crippen molar-refractivity contribution in [2.24, 2.45) is 0 Å². The number of hydrogen-bond donors (Lipinski definition) is 0. The van der Waals surface area contributed by atoms with Crippen LogP contribution in [-0.2, 0) is 15.9 Å². The van der Waals surface area contributed by atoms with Gasteiger partial charge < -0.3 is 9.47 Å². The van der Waals surface area contributed by atoms with Crippen molar-refractivity contribution in [2.45, 2.75) is 18.9 Å². The Hall–Kier alpha value is -2.21. The van der Waals surface area contributed by atoms with Crippen molar-refractivity contribution in [2.75, 3.05) is 32.8 Å². The number of hydrogen-bond acceptors (Lipinski definition) is 5. The van der Waals surface area contributed by atoms with Crippen LogP contribution in [0.5, 0.6) is 0 Å². The van der Waals surface area contributed by atoms with Gasteiger partial charge in [0.1, 0.15) is 6.10 Å². The van der Waals surface area contributed by atoms with Gasteiger partial charge in [-0.1, -0.05) is 30.3 Å². The third-order valence-corrected chi connectivity index (χ3v) is 5.92. The Morgan fingerprint density at radius 1 is 1.07 bits per heavy atom. The zero-order valence-electron chi connectivity index (χ0n) is 15.9. The molecule has 0 bridgehead atoms. The molecule has 0 N–H and O–H groups in total. The minimum atomic E-state index is -0.228. The lowest BCUT2D eigenvalue weighted by molar-refractivity contribution is -0.0331. The Morgan fingerprint density at radius 2 is 1.93 bits per heavy atom. The predicted octanol–water partition coefficient (Wildman–Crippen LogP) is 4.39. The van der Waals surface area contributed by atoms with E-state index in [2.05, 4.69) is 34.5 Å². The van der Waals surface area contributed by atoms with Gasteiger partial charge in [-0.15, -0.1) is 11.3 Å². The molecule has 1 aliphatic heterocycles. The van der Waals surface area contributed by atoms with Crippen molar-refractivity contribution >= 4 is 27.4 Å². The fraction of sp³-hybridized carbons (Fsp3) is 0.348. The van der Waals surface area contributed by atoms with Crippen LogP contribution in [0.15, 0.2) is 60.0 Å². The van der Waals surface area contributed by atoms with E-state index in [9.17, 15) is 4.79 Å². The third kappa shape index (κ3) is 4.98. The SMILES string of the molecule is O=C(OC1CN(CCCOCCc2ccc3sccc3c2)C1)c1ccccc1. The molecule has 0 spiro atoms. The van der Waals surface area contributed by atoms with Crippen molar-refractivity contribution in [3.05, 3.63) is 71.1 Å². The molecule has 146 valence electrons. The lowest BCUT2D eigenvalue weighted by atomic mass is 10.1. The highest BCUT2D eigenvalue weighted by molar-refractivity contribution is 7.17. The highest BCUT2D eigenvalue weighted by atomic mass is 32.1. The molecule has 2 heterocycles. The van der Waals surface area contributed by atoms with Crippen LogP contribution >= 0.6 is 11.3 Å². The number of nitrogens with zero attached hydrogens (tertiary/aromatic N) is 1. The molecule has 1 saturated heterocycles. The highest BCUT2D eigenvalue weighted by Crippen LogP contribution is 2.22. The number of likely N-dealkylation sites (tertiary alicyclic amines) is 1. The molecule has 28 heavy (non-hydrogen) atoms. The minimum Gasteiger partial charge on any atom is -0.456 e. The van der Waals surface area contributed by atoms with Gasteiger partial charge in [-0.2, -0.15) is 0 Å². The quantitative estimate of drug-likeness (QED) is 0.398. The van der Waals surface area contributed by atoms with Crippen molar-refractivity contribution in [1.82, 2.24) is 4.90 Å². The summed E-state index contributed by atoms with van der Waals surface area (Å²) in [7, 11) is 0. The Labute approximate surface area is 169 Å². The topological polar surface area (TPSA) is 38.8 Å². The van der Waals surface area contributed by atoms with Crippen LogP contribution in [0.1, 0.15) is 22.3 Å². The van der Waals surface area contributed by atoms with E-state index in [4.69, 9.17) is 9.47 Å². The van der Waals surface area contributed by atoms with Crippen molar-refractivity contribution in [1.29, 1.82) is 0 Å². The summed E-state index contributed by atoms with van der Waals surface area (Å²) >= 11 is 1.78. The summed E-state index contributed by atoms with van der Waals surface area (Å²) in [5, 5.41) is 3.45. The fourth-order valence-electron chi connectivity index (χ4n) is 3.43. The van der Waals surface area contributed by atoms with Gasteiger partial charge in [0, 0.05) is 30.9 Å². The average molecular weight is 396 g/mol. The molecule has 1 aromatic heterocycles. The van der Waals surface area contributed by atoms with Crippen LogP contribution < -0.4 is 0 Å². The van der Waals surface area contributed by atoms with Crippen molar-refractivity contribution in [3.63, 3.8) is 0 Å². The molecule has 0 saturated carbocycles. The Morgan fingerprint density at radius 3 is 2.79 bits per heavy atom. The third-order valence-electron chi connectivity index (χ3n) is 5.02. The van der Waals surface area contributed by atoms with E-state index in [0.29, 0.717) is 5.56 Å². The molecular formula is C23H25NO3S. The van der Waals surface area contributed by atoms with E-state index < -0.39 is 0 Å². The molecule has 0 unspecified atom stereocenters. The van der Waals surface area contributed by atoms with Crippen LogP contribution in [0, 0.1) is 0 Å². The lowest BCUT2D eigenvalue weighted by Gasteiger charge is -2.38. The maximum absolute atomic E-state index is 12.0. The molecule has 0 radical (unpaired) electrons. The van der Waals surface area contributed by atoms with Crippen LogP contribution in [-0.4, -0.2) is 49.8 Å².